The zero-order chi connectivity index (χ0) is 41.1. The standard InChI is InChI=1S/C36H30NO2P.C9H14O3.C6H8O.H2S/c1-25(27-13-5-3-6-14-27)37(26(2)28-15-7-4-8-16-28)40-38-33-23-21-29-17-9-11-19-31(29)35(33)36-32-20-12-10-18-30(32)22-24-34(36)39-40;1-7-3-2-4-9(11)8(7)5-12-6-10;7-6-4-2-1-3-5-6;/h3-26H,1-2H3;6-8H,2-5H2,1H3;2,4H,1,3,5H2;1H2/t25-,26-;7-,8+;;/m01../s1. The van der Waals surface area contributed by atoms with Crippen LogP contribution in [0.25, 0.3) is 43.5 Å². The summed E-state index contributed by atoms with van der Waals surface area (Å²) in [4.78, 5) is 31.6. The second-order valence-corrected chi connectivity index (χ2v) is 16.7. The highest BCUT2D eigenvalue weighted by atomic mass is 32.1. The largest absolute Gasteiger partial charge is 0.467 e. The molecule has 2 aliphatic rings. The molecule has 7 nitrogen and oxygen atoms in total. The number of benzene rings is 6. The Balaban J connectivity index is 0.000000249. The molecule has 0 unspecified atom stereocenters. The van der Waals surface area contributed by atoms with Crippen LogP contribution in [0.4, 0.5) is 0 Å². The van der Waals surface area contributed by atoms with E-state index in [0.29, 0.717) is 18.8 Å². The fourth-order valence-electron chi connectivity index (χ4n) is 8.23. The molecule has 310 valence electrons. The Morgan fingerprint density at radius 3 is 1.67 bits per heavy atom. The average molecular weight is 840 g/mol. The van der Waals surface area contributed by atoms with E-state index < -0.39 is 8.16 Å². The molecule has 60 heavy (non-hydrogen) atoms. The topological polar surface area (TPSA) is 90.0 Å². The number of fused-ring (bicyclic) bond motifs is 7. The molecule has 0 N–H and O–H groups in total. The Hall–Kier alpha value is -5.40. The van der Waals surface area contributed by atoms with Crippen LogP contribution in [0.2, 0.25) is 0 Å². The lowest BCUT2D eigenvalue weighted by Gasteiger charge is -2.31. The van der Waals surface area contributed by atoms with Gasteiger partial charge in [-0.05, 0) is 96.3 Å². The fourth-order valence-corrected chi connectivity index (χ4v) is 9.93. The first-order valence-corrected chi connectivity index (χ1v) is 21.8. The fraction of sp³-hybridized carbons (Fsp3) is 0.275. The van der Waals surface area contributed by atoms with Gasteiger partial charge in [-0.25, -0.2) is 0 Å². The summed E-state index contributed by atoms with van der Waals surface area (Å²) in [5.41, 5.74) is 4.15. The van der Waals surface area contributed by atoms with E-state index in [1.807, 2.05) is 13.0 Å². The summed E-state index contributed by atoms with van der Waals surface area (Å²) < 4.78 is 21.0. The maximum Gasteiger partial charge on any atom is 0.310 e. The van der Waals surface area contributed by atoms with E-state index >= 15 is 0 Å². The van der Waals surface area contributed by atoms with Crippen molar-refractivity contribution in [1.82, 2.24) is 0 Å². The van der Waals surface area contributed by atoms with E-state index in [1.54, 1.807) is 6.08 Å². The summed E-state index contributed by atoms with van der Waals surface area (Å²) in [5, 5.41) is 6.88. The van der Waals surface area contributed by atoms with Crippen LogP contribution in [0.15, 0.2) is 154 Å². The number of ether oxygens (including phenoxy) is 1. The predicted molar refractivity (Wildman–Crippen MR) is 251 cm³/mol. The molecule has 7 aromatic rings. The molecular weight excluding hydrogens is 786 g/mol. The number of carbonyl (C=O) groups is 3. The second kappa shape index (κ2) is 21.2. The SMILES string of the molecule is C[C@@H](c1ccccc1)N([C@@H](C)c1ccccc1)p1oc2ccc3ccccc3c2c2c(ccc3ccccc32)o1.C[C@@H]1CCCC(=O)[C@H]1COC=O.O=C1C=CCCC1.S. The average Bonchev–Trinajstić information content (AvgIpc) is 3.45. The van der Waals surface area contributed by atoms with Gasteiger partial charge in [0.15, 0.2) is 5.78 Å². The van der Waals surface area contributed by atoms with Gasteiger partial charge in [0.2, 0.25) is 0 Å². The van der Waals surface area contributed by atoms with Gasteiger partial charge in [0.1, 0.15) is 23.6 Å². The van der Waals surface area contributed by atoms with Crippen molar-refractivity contribution in [2.75, 3.05) is 11.3 Å². The number of Topliss-reactive ketones (excluding diaryl/α,β-unsaturated/α-hetero) is 1. The van der Waals surface area contributed by atoms with Crippen LogP contribution in [0.1, 0.15) is 82.5 Å². The van der Waals surface area contributed by atoms with Crippen LogP contribution in [-0.4, -0.2) is 24.6 Å². The van der Waals surface area contributed by atoms with Crippen molar-refractivity contribution < 1.29 is 27.5 Å². The third-order valence-electron chi connectivity index (χ3n) is 11.6. The number of hydrogen-bond acceptors (Lipinski definition) is 7. The number of carbonyl (C=O) groups excluding carboxylic acids is 3. The van der Waals surface area contributed by atoms with Gasteiger partial charge in [-0.3, -0.25) is 14.4 Å². The van der Waals surface area contributed by atoms with Gasteiger partial charge < -0.3 is 13.1 Å². The van der Waals surface area contributed by atoms with Gasteiger partial charge >= 0.3 is 8.16 Å². The lowest BCUT2D eigenvalue weighted by atomic mass is 9.80. The molecule has 0 radical (unpaired) electrons. The van der Waals surface area contributed by atoms with Crippen LogP contribution in [0.3, 0.4) is 0 Å². The van der Waals surface area contributed by atoms with Crippen molar-refractivity contribution in [1.29, 1.82) is 0 Å². The molecule has 1 saturated carbocycles. The van der Waals surface area contributed by atoms with Crippen molar-refractivity contribution >= 4 is 83.2 Å². The van der Waals surface area contributed by atoms with E-state index in [9.17, 15) is 14.4 Å². The van der Waals surface area contributed by atoms with Crippen molar-refractivity contribution in [2.45, 2.75) is 71.4 Å². The smallest absolute Gasteiger partial charge is 0.310 e. The van der Waals surface area contributed by atoms with E-state index in [4.69, 9.17) is 8.39 Å². The third-order valence-corrected chi connectivity index (χ3v) is 13.3. The summed E-state index contributed by atoms with van der Waals surface area (Å²) in [6.07, 6.45) is 9.21. The summed E-state index contributed by atoms with van der Waals surface area (Å²) >= 11 is 0. The summed E-state index contributed by atoms with van der Waals surface area (Å²) in [6, 6.07) is 47.0. The van der Waals surface area contributed by atoms with Gasteiger partial charge in [-0.1, -0.05) is 134 Å². The Kier molecular flexibility index (Phi) is 15.6. The Morgan fingerprint density at radius 2 is 1.22 bits per heavy atom. The maximum absolute atomic E-state index is 11.3. The molecule has 0 amide bonds. The number of ketones is 2. The first-order chi connectivity index (χ1) is 28.8. The monoisotopic (exact) mass is 839 g/mol. The third kappa shape index (κ3) is 10.3. The molecular formula is C51H54NO6PS. The zero-order valence-electron chi connectivity index (χ0n) is 34.5. The first-order valence-electron chi connectivity index (χ1n) is 20.7. The highest BCUT2D eigenvalue weighted by Gasteiger charge is 2.30. The van der Waals surface area contributed by atoms with E-state index in [0.717, 1.165) is 64.8 Å². The van der Waals surface area contributed by atoms with Crippen molar-refractivity contribution in [3.05, 3.63) is 157 Å². The summed E-state index contributed by atoms with van der Waals surface area (Å²) in [6.45, 7) is 7.21. The lowest BCUT2D eigenvalue weighted by molar-refractivity contribution is -0.136. The maximum atomic E-state index is 11.3. The molecule has 9 rings (SSSR count). The van der Waals surface area contributed by atoms with E-state index in [2.05, 4.69) is 157 Å². The highest BCUT2D eigenvalue weighted by molar-refractivity contribution is 7.59. The molecule has 9 heteroatoms. The quantitative estimate of drug-likeness (QED) is 0.141. The molecule has 0 bridgehead atoms. The van der Waals surface area contributed by atoms with E-state index in [-0.39, 0.29) is 49.7 Å². The normalized spacial score (nSPS) is 17.2. The van der Waals surface area contributed by atoms with Crippen molar-refractivity contribution in [3.63, 3.8) is 0 Å². The summed E-state index contributed by atoms with van der Waals surface area (Å²) in [7, 11) is -1.54. The van der Waals surface area contributed by atoms with E-state index in [1.165, 1.54) is 21.9 Å². The molecule has 0 saturated heterocycles. The number of allylic oxidation sites excluding steroid dienone is 2. The minimum Gasteiger partial charge on any atom is -0.467 e. The lowest BCUT2D eigenvalue weighted by Crippen LogP contribution is -2.30. The summed E-state index contributed by atoms with van der Waals surface area (Å²) in [5.74, 6) is 0.844. The van der Waals surface area contributed by atoms with Crippen LogP contribution < -0.4 is 4.67 Å². The van der Waals surface area contributed by atoms with Crippen molar-refractivity contribution in [3.8, 4) is 0 Å². The molecule has 6 aromatic carbocycles. The Labute approximate surface area is 360 Å². The predicted octanol–water partition coefficient (Wildman–Crippen LogP) is 13.6. The highest BCUT2D eigenvalue weighted by Crippen LogP contribution is 2.47. The second-order valence-electron chi connectivity index (χ2n) is 15.4. The zero-order valence-corrected chi connectivity index (χ0v) is 36.4. The minimum atomic E-state index is -1.54. The molecule has 1 fully saturated rings. The Morgan fingerprint density at radius 1 is 0.700 bits per heavy atom. The number of nitrogens with zero attached hydrogens (tertiary/aromatic N) is 1. The Bertz CT molecular complexity index is 2470. The van der Waals surface area contributed by atoms with Crippen LogP contribution >= 0.6 is 21.7 Å². The van der Waals surface area contributed by atoms with Crippen LogP contribution in [-0.2, 0) is 19.1 Å². The van der Waals surface area contributed by atoms with Gasteiger partial charge in [-0.15, -0.1) is 0 Å². The number of hydrogen-bond donors (Lipinski definition) is 0. The molecule has 0 aliphatic heterocycles. The van der Waals surface area contributed by atoms with Gasteiger partial charge in [0.05, 0.1) is 5.92 Å². The molecule has 0 spiro atoms. The number of rotatable bonds is 8. The van der Waals surface area contributed by atoms with Crippen LogP contribution in [0, 0.1) is 11.8 Å². The molecule has 2 aliphatic carbocycles. The van der Waals surface area contributed by atoms with Crippen LogP contribution in [0.5, 0.6) is 0 Å². The first kappa shape index (κ1) is 44.2. The van der Waals surface area contributed by atoms with Gasteiger partial charge in [0, 0.05) is 35.7 Å². The molecule has 4 atom stereocenters. The minimum absolute atomic E-state index is 0. The van der Waals surface area contributed by atoms with Gasteiger partial charge in [-0.2, -0.15) is 18.2 Å². The van der Waals surface area contributed by atoms with Crippen molar-refractivity contribution in [2.24, 2.45) is 11.8 Å². The van der Waals surface area contributed by atoms with Gasteiger partial charge in [0.25, 0.3) is 6.47 Å². The molecule has 1 heterocycles. The molecule has 1 aromatic heterocycles.